The molecular formula is C60H88N2O8S. The molecule has 20 atom stereocenters. The fourth-order valence-corrected chi connectivity index (χ4v) is 20.7. The predicted molar refractivity (Wildman–Crippen MR) is 278 cm³/mol. The van der Waals surface area contributed by atoms with E-state index in [0.717, 1.165) is 89.9 Å². The molecule has 6 N–H and O–H groups in total. The highest BCUT2D eigenvalue weighted by Gasteiger charge is 2.65. The first kappa shape index (κ1) is 51.6. The molecule has 8 aliphatic rings. The molecule has 2 aromatic rings. The molecule has 2 aromatic carbocycles. The molecule has 2 amide bonds. The quantitative estimate of drug-likeness (QED) is 0.122. The zero-order chi connectivity index (χ0) is 50.4. The molecule has 0 radical (unpaired) electrons. The van der Waals surface area contributed by atoms with E-state index in [2.05, 4.69) is 52.2 Å². The number of carbonyl (C=O) groups is 2. The number of amides is 2. The number of rotatable bonds is 12. The van der Waals surface area contributed by atoms with Crippen molar-refractivity contribution in [2.24, 2.45) is 92.7 Å². The van der Waals surface area contributed by atoms with Crippen LogP contribution in [0.4, 0.5) is 11.4 Å². The van der Waals surface area contributed by atoms with Crippen LogP contribution in [-0.4, -0.2) is 65.1 Å². The summed E-state index contributed by atoms with van der Waals surface area (Å²) in [5.74, 6) is 5.39. The van der Waals surface area contributed by atoms with Crippen LogP contribution in [0.2, 0.25) is 0 Å². The number of aliphatic hydroxyl groups excluding tert-OH is 4. The second-order valence-corrected chi connectivity index (χ2v) is 28.4. The van der Waals surface area contributed by atoms with E-state index in [0.29, 0.717) is 83.4 Å². The highest BCUT2D eigenvalue weighted by molar-refractivity contribution is 7.91. The fourth-order valence-electron chi connectivity index (χ4n) is 19.5. The Hall–Kier alpha value is -2.83. The Bertz CT molecular complexity index is 2220. The van der Waals surface area contributed by atoms with Gasteiger partial charge >= 0.3 is 0 Å². The van der Waals surface area contributed by atoms with E-state index in [9.17, 15) is 38.4 Å². The van der Waals surface area contributed by atoms with Crippen LogP contribution in [0.1, 0.15) is 170 Å². The molecule has 8 aliphatic carbocycles. The minimum absolute atomic E-state index is 0.106. The number of sulfone groups is 1. The first-order chi connectivity index (χ1) is 33.7. The Balaban J connectivity index is 0.683. The zero-order valence-corrected chi connectivity index (χ0v) is 44.6. The minimum atomic E-state index is -3.86. The van der Waals surface area contributed by atoms with Gasteiger partial charge in [-0.25, -0.2) is 8.42 Å². The molecule has 0 heterocycles. The number of hydrogen-bond acceptors (Lipinski definition) is 8. The van der Waals surface area contributed by atoms with E-state index in [1.807, 2.05) is 0 Å². The monoisotopic (exact) mass is 997 g/mol. The third-order valence-electron chi connectivity index (χ3n) is 23.6. The molecule has 8 fully saturated rings. The standard InChI is InChI=1S/C60H88N2O8S/c1-35(47-21-23-49-45-19-9-37-31-41(63)27-29-57(37,3)51(45)33-53(65)59(47,49)5)7-25-55(67)61-39-11-15-43(16-12-39)71(69,70)44-17-13-40(14-18-44)62-56(68)26-8-36(2)48-22-24-50-46-20-10-38-32-42(64)28-30-58(38,4)52(46)34-54(66)60(48,50)6/h11-18,35-38,41-42,45-54,63-66H,7-10,19-34H2,1-6H3,(H,61,67)(H,62,68)/t35-,36-,37-,38-,41-,42-,45-,46+,47-,48-,49+,50+,51+,52+,53-,54+,57-,58-,59+,60+/m0/s1. The number of fused-ring (bicyclic) bond motifs is 10. The first-order valence-electron chi connectivity index (χ1n) is 28.4. The third kappa shape index (κ3) is 8.89. The highest BCUT2D eigenvalue weighted by atomic mass is 32.2. The average Bonchev–Trinajstić information content (AvgIpc) is 3.90. The summed E-state index contributed by atoms with van der Waals surface area (Å²) in [5.41, 5.74) is 1.17. The topological polar surface area (TPSA) is 173 Å². The number of nitrogens with one attached hydrogen (secondary N) is 2. The van der Waals surface area contributed by atoms with Gasteiger partial charge in [-0.2, -0.15) is 0 Å². The van der Waals surface area contributed by atoms with Gasteiger partial charge in [0.2, 0.25) is 21.7 Å². The normalized spacial score (nSPS) is 43.6. The van der Waals surface area contributed by atoms with Crippen molar-refractivity contribution in [3.05, 3.63) is 48.5 Å². The van der Waals surface area contributed by atoms with Gasteiger partial charge in [0.25, 0.3) is 0 Å². The van der Waals surface area contributed by atoms with Gasteiger partial charge < -0.3 is 31.1 Å². The number of hydrogen-bond donors (Lipinski definition) is 6. The predicted octanol–water partition coefficient (Wildman–Crippen LogP) is 11.2. The van der Waals surface area contributed by atoms with Gasteiger partial charge in [0.15, 0.2) is 0 Å². The maximum absolute atomic E-state index is 13.7. The van der Waals surface area contributed by atoms with Crippen molar-refractivity contribution >= 4 is 33.0 Å². The van der Waals surface area contributed by atoms with E-state index in [1.165, 1.54) is 49.9 Å². The molecule has 71 heavy (non-hydrogen) atoms. The van der Waals surface area contributed by atoms with Gasteiger partial charge in [-0.15, -0.1) is 0 Å². The van der Waals surface area contributed by atoms with Crippen molar-refractivity contribution in [1.29, 1.82) is 0 Å². The summed E-state index contributed by atoms with van der Waals surface area (Å²) in [5, 5.41) is 50.8. The second kappa shape index (κ2) is 19.4. The van der Waals surface area contributed by atoms with Crippen LogP contribution >= 0.6 is 0 Å². The highest BCUT2D eigenvalue weighted by Crippen LogP contribution is 2.70. The lowest BCUT2D eigenvalue weighted by atomic mass is 9.43. The lowest BCUT2D eigenvalue weighted by Gasteiger charge is -2.62. The summed E-state index contributed by atoms with van der Waals surface area (Å²) in [7, 11) is -3.86. The first-order valence-corrected chi connectivity index (χ1v) is 29.9. The van der Waals surface area contributed by atoms with Crippen LogP contribution in [0.5, 0.6) is 0 Å². The van der Waals surface area contributed by atoms with Crippen molar-refractivity contribution in [2.75, 3.05) is 10.6 Å². The number of aliphatic hydroxyl groups is 4. The van der Waals surface area contributed by atoms with Gasteiger partial charge in [-0.05, 0) is 257 Å². The fraction of sp³-hybridized carbons (Fsp3) is 0.767. The van der Waals surface area contributed by atoms with Crippen LogP contribution in [0.25, 0.3) is 0 Å². The van der Waals surface area contributed by atoms with E-state index < -0.39 is 9.84 Å². The summed E-state index contributed by atoms with van der Waals surface area (Å²) in [6.07, 6.45) is 17.7. The SMILES string of the molecule is C[C@@H](CCC(=O)Nc1ccc(S(=O)(=O)c2ccc(NC(=O)CC[C@H](C)[C@@H]3CC[C@@H]4[C@@H]5CC[C@H]6C[C@@H](O)CC[C@]6(C)[C@@H]5C[C@H](O)[C@@]43C)cc2)cc1)[C@@H]1CC[C@@H]2[C@H]3CC[C@H]4C[C@@H](O)CC[C@]4(C)[C@@H]3C[C@@H](O)[C@@]21C. The molecule has 0 spiro atoms. The van der Waals surface area contributed by atoms with Gasteiger partial charge in [0.05, 0.1) is 34.2 Å². The molecule has 8 saturated carbocycles. The second-order valence-electron chi connectivity index (χ2n) is 26.5. The Kier molecular flexibility index (Phi) is 14.1. The molecule has 0 aromatic heterocycles. The maximum Gasteiger partial charge on any atom is 0.224 e. The Labute approximate surface area is 425 Å². The number of benzene rings is 2. The van der Waals surface area contributed by atoms with Gasteiger partial charge in [-0.1, -0.05) is 41.5 Å². The van der Waals surface area contributed by atoms with Gasteiger partial charge in [0, 0.05) is 24.2 Å². The van der Waals surface area contributed by atoms with Crippen LogP contribution in [0.15, 0.2) is 58.3 Å². The average molecular weight is 997 g/mol. The molecule has 392 valence electrons. The van der Waals surface area contributed by atoms with Crippen molar-refractivity contribution in [3.63, 3.8) is 0 Å². The molecular weight excluding hydrogens is 909 g/mol. The molecule has 10 nitrogen and oxygen atoms in total. The molecule has 0 aliphatic heterocycles. The Morgan fingerprint density at radius 1 is 0.535 bits per heavy atom. The smallest absolute Gasteiger partial charge is 0.224 e. The Morgan fingerprint density at radius 3 is 1.30 bits per heavy atom. The van der Waals surface area contributed by atoms with Crippen LogP contribution in [0.3, 0.4) is 0 Å². The molecule has 0 unspecified atom stereocenters. The van der Waals surface area contributed by atoms with Crippen molar-refractivity contribution in [3.8, 4) is 0 Å². The number of anilines is 2. The van der Waals surface area contributed by atoms with Crippen molar-refractivity contribution < 1.29 is 38.4 Å². The molecule has 11 heteroatoms. The molecule has 0 saturated heterocycles. The largest absolute Gasteiger partial charge is 0.393 e. The van der Waals surface area contributed by atoms with Crippen LogP contribution < -0.4 is 10.6 Å². The van der Waals surface area contributed by atoms with E-state index in [4.69, 9.17) is 0 Å². The van der Waals surface area contributed by atoms with Gasteiger partial charge in [0.1, 0.15) is 0 Å². The van der Waals surface area contributed by atoms with Crippen molar-refractivity contribution in [1.82, 2.24) is 0 Å². The summed E-state index contributed by atoms with van der Waals surface area (Å²) in [6, 6.07) is 12.6. The lowest BCUT2D eigenvalue weighted by molar-refractivity contribution is -0.175. The summed E-state index contributed by atoms with van der Waals surface area (Å²) in [4.78, 5) is 26.9. The van der Waals surface area contributed by atoms with E-state index in [-0.39, 0.29) is 79.5 Å². The zero-order valence-electron chi connectivity index (χ0n) is 43.8. The minimum Gasteiger partial charge on any atom is -0.393 e. The Morgan fingerprint density at radius 2 is 0.915 bits per heavy atom. The third-order valence-corrected chi connectivity index (χ3v) is 25.3. The molecule has 10 rings (SSSR count). The number of carbonyl (C=O) groups excluding carboxylic acids is 2. The maximum atomic E-state index is 13.7. The van der Waals surface area contributed by atoms with Crippen LogP contribution in [-0.2, 0) is 19.4 Å². The van der Waals surface area contributed by atoms with E-state index >= 15 is 0 Å². The van der Waals surface area contributed by atoms with E-state index in [1.54, 1.807) is 24.3 Å². The lowest BCUT2D eigenvalue weighted by Crippen LogP contribution is -2.58. The van der Waals surface area contributed by atoms with Crippen molar-refractivity contribution in [2.45, 2.75) is 204 Å². The van der Waals surface area contributed by atoms with Gasteiger partial charge in [-0.3, -0.25) is 9.59 Å². The molecule has 0 bridgehead atoms. The summed E-state index contributed by atoms with van der Waals surface area (Å²) < 4.78 is 27.4. The summed E-state index contributed by atoms with van der Waals surface area (Å²) >= 11 is 0. The summed E-state index contributed by atoms with van der Waals surface area (Å²) in [6.45, 7) is 14.1. The van der Waals surface area contributed by atoms with Crippen LogP contribution in [0, 0.1) is 92.7 Å².